The molecule has 0 atom stereocenters. The van der Waals surface area contributed by atoms with Gasteiger partial charge in [-0.2, -0.15) is 0 Å². The van der Waals surface area contributed by atoms with E-state index in [0.29, 0.717) is 18.7 Å². The van der Waals surface area contributed by atoms with Crippen LogP contribution < -0.4 is 0 Å². The predicted octanol–water partition coefficient (Wildman–Crippen LogP) is 2.36. The van der Waals surface area contributed by atoms with Crippen molar-refractivity contribution in [2.75, 3.05) is 19.7 Å². The third-order valence-corrected chi connectivity index (χ3v) is 2.98. The molecule has 18 heavy (non-hydrogen) atoms. The Morgan fingerprint density at radius 1 is 1.44 bits per heavy atom. The lowest BCUT2D eigenvalue weighted by Gasteiger charge is -2.22. The van der Waals surface area contributed by atoms with Crippen molar-refractivity contribution in [3.63, 3.8) is 0 Å². The van der Waals surface area contributed by atoms with Gasteiger partial charge in [0.25, 0.3) is 5.91 Å². The molecule has 100 valence electrons. The normalized spacial score (nSPS) is 10.4. The standard InChI is InChI=1S/C13H19ClN2O2/c1-2-3-4-8-16(9-10-17)13(18)11-6-5-7-15-12(11)14/h5-7,17H,2-4,8-10H2,1H3. The number of aromatic nitrogens is 1. The third kappa shape index (κ3) is 4.27. The van der Waals surface area contributed by atoms with Gasteiger partial charge in [-0.3, -0.25) is 4.79 Å². The Morgan fingerprint density at radius 2 is 2.22 bits per heavy atom. The van der Waals surface area contributed by atoms with Crippen LogP contribution in [0.15, 0.2) is 18.3 Å². The van der Waals surface area contributed by atoms with Gasteiger partial charge in [0.05, 0.1) is 12.2 Å². The maximum Gasteiger partial charge on any atom is 0.257 e. The highest BCUT2D eigenvalue weighted by Crippen LogP contribution is 2.14. The lowest BCUT2D eigenvalue weighted by Crippen LogP contribution is -2.34. The summed E-state index contributed by atoms with van der Waals surface area (Å²) in [5.74, 6) is -0.168. The van der Waals surface area contributed by atoms with Crippen molar-refractivity contribution in [2.45, 2.75) is 26.2 Å². The molecule has 0 radical (unpaired) electrons. The van der Waals surface area contributed by atoms with E-state index < -0.39 is 0 Å². The average molecular weight is 271 g/mol. The highest BCUT2D eigenvalue weighted by atomic mass is 35.5. The molecule has 0 aliphatic rings. The number of aliphatic hydroxyl groups excluding tert-OH is 1. The Balaban J connectivity index is 2.73. The Bertz CT molecular complexity index is 385. The molecule has 0 bridgehead atoms. The number of carbonyl (C=O) groups excluding carboxylic acids is 1. The van der Waals surface area contributed by atoms with Crippen molar-refractivity contribution in [1.29, 1.82) is 0 Å². The smallest absolute Gasteiger partial charge is 0.257 e. The topological polar surface area (TPSA) is 53.4 Å². The van der Waals surface area contributed by atoms with Crippen LogP contribution in [0.2, 0.25) is 5.15 Å². The largest absolute Gasteiger partial charge is 0.395 e. The number of hydrogen-bond donors (Lipinski definition) is 1. The number of unbranched alkanes of at least 4 members (excludes halogenated alkanes) is 2. The van der Waals surface area contributed by atoms with Crippen molar-refractivity contribution in [3.8, 4) is 0 Å². The summed E-state index contributed by atoms with van der Waals surface area (Å²) in [6.45, 7) is 3.03. The van der Waals surface area contributed by atoms with Gasteiger partial charge >= 0.3 is 0 Å². The summed E-state index contributed by atoms with van der Waals surface area (Å²) in [5.41, 5.74) is 0.393. The number of hydrogen-bond acceptors (Lipinski definition) is 3. The van der Waals surface area contributed by atoms with E-state index in [1.165, 1.54) is 0 Å². The molecule has 1 aromatic rings. The first kappa shape index (κ1) is 14.9. The van der Waals surface area contributed by atoms with E-state index in [2.05, 4.69) is 11.9 Å². The minimum Gasteiger partial charge on any atom is -0.395 e. The Labute approximate surface area is 113 Å². The predicted molar refractivity (Wildman–Crippen MR) is 71.8 cm³/mol. The van der Waals surface area contributed by atoms with E-state index in [1.807, 2.05) is 0 Å². The van der Waals surface area contributed by atoms with E-state index >= 15 is 0 Å². The van der Waals surface area contributed by atoms with Gasteiger partial charge in [0.1, 0.15) is 5.15 Å². The molecule has 4 nitrogen and oxygen atoms in total. The number of aliphatic hydroxyl groups is 1. The van der Waals surface area contributed by atoms with Gasteiger partial charge in [-0.1, -0.05) is 31.4 Å². The summed E-state index contributed by atoms with van der Waals surface area (Å²) in [4.78, 5) is 17.8. The van der Waals surface area contributed by atoms with E-state index in [1.54, 1.807) is 23.2 Å². The first-order valence-electron chi connectivity index (χ1n) is 6.21. The fraction of sp³-hybridized carbons (Fsp3) is 0.538. The SMILES string of the molecule is CCCCCN(CCO)C(=O)c1cccnc1Cl. The van der Waals surface area contributed by atoms with Crippen molar-refractivity contribution >= 4 is 17.5 Å². The third-order valence-electron chi connectivity index (χ3n) is 2.68. The second-order valence-electron chi connectivity index (χ2n) is 4.06. The zero-order valence-electron chi connectivity index (χ0n) is 10.6. The van der Waals surface area contributed by atoms with Crippen LogP contribution in [-0.2, 0) is 0 Å². The molecular formula is C13H19ClN2O2. The van der Waals surface area contributed by atoms with Crippen molar-refractivity contribution in [2.24, 2.45) is 0 Å². The monoisotopic (exact) mass is 270 g/mol. The molecule has 1 heterocycles. The van der Waals surface area contributed by atoms with Crippen LogP contribution in [-0.4, -0.2) is 40.6 Å². The molecule has 0 saturated heterocycles. The number of halogens is 1. The molecule has 1 aromatic heterocycles. The molecule has 1 amide bonds. The molecule has 0 aliphatic heterocycles. The molecule has 0 saturated carbocycles. The Morgan fingerprint density at radius 3 is 2.83 bits per heavy atom. The summed E-state index contributed by atoms with van der Waals surface area (Å²) < 4.78 is 0. The Hall–Kier alpha value is -1.13. The van der Waals surface area contributed by atoms with Crippen molar-refractivity contribution < 1.29 is 9.90 Å². The van der Waals surface area contributed by atoms with Crippen molar-refractivity contribution in [1.82, 2.24) is 9.88 Å². The second-order valence-corrected chi connectivity index (χ2v) is 4.42. The van der Waals surface area contributed by atoms with Gasteiger partial charge in [-0.25, -0.2) is 4.98 Å². The number of pyridine rings is 1. The van der Waals surface area contributed by atoms with E-state index in [-0.39, 0.29) is 17.7 Å². The number of rotatable bonds is 7. The van der Waals surface area contributed by atoms with Crippen LogP contribution in [0.1, 0.15) is 36.5 Å². The fourth-order valence-electron chi connectivity index (χ4n) is 1.70. The average Bonchev–Trinajstić information content (AvgIpc) is 2.38. The molecular weight excluding hydrogens is 252 g/mol. The molecule has 5 heteroatoms. The van der Waals surface area contributed by atoms with E-state index in [0.717, 1.165) is 19.3 Å². The molecule has 0 aliphatic carbocycles. The van der Waals surface area contributed by atoms with Crippen LogP contribution in [0.5, 0.6) is 0 Å². The summed E-state index contributed by atoms with van der Waals surface area (Å²) in [6, 6.07) is 3.34. The summed E-state index contributed by atoms with van der Waals surface area (Å²) in [6.07, 6.45) is 4.64. The lowest BCUT2D eigenvalue weighted by atomic mass is 10.2. The van der Waals surface area contributed by atoms with Gasteiger partial charge in [0.2, 0.25) is 0 Å². The zero-order valence-corrected chi connectivity index (χ0v) is 11.4. The van der Waals surface area contributed by atoms with Gasteiger partial charge in [-0.05, 0) is 18.6 Å². The number of amides is 1. The molecule has 1 rings (SSSR count). The van der Waals surface area contributed by atoms with E-state index in [4.69, 9.17) is 16.7 Å². The second kappa shape index (κ2) is 8.06. The quantitative estimate of drug-likeness (QED) is 0.611. The van der Waals surface area contributed by atoms with Gasteiger partial charge in [0.15, 0.2) is 0 Å². The molecule has 0 fully saturated rings. The molecule has 0 unspecified atom stereocenters. The summed E-state index contributed by atoms with van der Waals surface area (Å²) >= 11 is 5.90. The minimum absolute atomic E-state index is 0.0459. The first-order valence-corrected chi connectivity index (χ1v) is 6.59. The summed E-state index contributed by atoms with van der Waals surface area (Å²) in [5, 5.41) is 9.22. The zero-order chi connectivity index (χ0) is 13.4. The van der Waals surface area contributed by atoms with Crippen LogP contribution in [0.4, 0.5) is 0 Å². The van der Waals surface area contributed by atoms with Crippen molar-refractivity contribution in [3.05, 3.63) is 29.0 Å². The highest BCUT2D eigenvalue weighted by Gasteiger charge is 2.17. The number of carbonyl (C=O) groups is 1. The maximum atomic E-state index is 12.2. The highest BCUT2D eigenvalue weighted by molar-refractivity contribution is 6.32. The van der Waals surface area contributed by atoms with Gasteiger partial charge in [0, 0.05) is 19.3 Å². The molecule has 0 spiro atoms. The van der Waals surface area contributed by atoms with Crippen LogP contribution in [0, 0.1) is 0 Å². The van der Waals surface area contributed by atoms with E-state index in [9.17, 15) is 4.79 Å². The summed E-state index contributed by atoms with van der Waals surface area (Å²) in [7, 11) is 0. The molecule has 1 N–H and O–H groups in total. The Kier molecular flexibility index (Phi) is 6.68. The van der Waals surface area contributed by atoms with Crippen LogP contribution in [0.3, 0.4) is 0 Å². The van der Waals surface area contributed by atoms with Gasteiger partial charge in [-0.15, -0.1) is 0 Å². The first-order chi connectivity index (χ1) is 8.70. The minimum atomic E-state index is -0.168. The van der Waals surface area contributed by atoms with Crippen LogP contribution >= 0.6 is 11.6 Å². The maximum absolute atomic E-state index is 12.2. The van der Waals surface area contributed by atoms with Crippen LogP contribution in [0.25, 0.3) is 0 Å². The molecule has 0 aromatic carbocycles. The van der Waals surface area contributed by atoms with Gasteiger partial charge < -0.3 is 10.0 Å². The number of nitrogens with zero attached hydrogens (tertiary/aromatic N) is 2. The lowest BCUT2D eigenvalue weighted by molar-refractivity contribution is 0.0718. The fourth-order valence-corrected chi connectivity index (χ4v) is 1.90.